The molecule has 2 rings (SSSR count). The highest BCUT2D eigenvalue weighted by Crippen LogP contribution is 2.14. The molecule has 5 heteroatoms. The van der Waals surface area contributed by atoms with Crippen LogP contribution in [0.4, 0.5) is 5.82 Å². The van der Waals surface area contributed by atoms with Gasteiger partial charge in [0.25, 0.3) is 0 Å². The molecule has 1 unspecified atom stereocenters. The van der Waals surface area contributed by atoms with E-state index in [2.05, 4.69) is 27.1 Å². The van der Waals surface area contributed by atoms with Crippen molar-refractivity contribution in [2.45, 2.75) is 26.7 Å². The van der Waals surface area contributed by atoms with Crippen molar-refractivity contribution in [2.75, 3.05) is 38.6 Å². The maximum absolute atomic E-state index is 5.15. The van der Waals surface area contributed by atoms with Gasteiger partial charge in [-0.25, -0.2) is 4.98 Å². The minimum atomic E-state index is 0.611. The number of aromatic nitrogens is 2. The number of nitrogens with zero attached hydrogens (tertiary/aromatic N) is 3. The number of likely N-dealkylation sites (tertiary alicyclic amines) is 1. The number of aryl methyl sites for hydroxylation is 1. The maximum Gasteiger partial charge on any atom is 0.218 e. The molecule has 2 heterocycles. The Morgan fingerprint density at radius 1 is 1.37 bits per heavy atom. The number of ether oxygens (including phenoxy) is 1. The van der Waals surface area contributed by atoms with Gasteiger partial charge in [-0.05, 0) is 38.8 Å². The van der Waals surface area contributed by atoms with Crippen molar-refractivity contribution >= 4 is 5.82 Å². The summed E-state index contributed by atoms with van der Waals surface area (Å²) in [6.45, 7) is 8.75. The molecule has 0 saturated carbocycles. The van der Waals surface area contributed by atoms with Crippen LogP contribution in [0.3, 0.4) is 0 Å². The van der Waals surface area contributed by atoms with Crippen molar-refractivity contribution in [3.8, 4) is 5.88 Å². The average Bonchev–Trinajstić information content (AvgIpc) is 2.88. The van der Waals surface area contributed by atoms with E-state index in [9.17, 15) is 0 Å². The van der Waals surface area contributed by atoms with Gasteiger partial charge < -0.3 is 15.0 Å². The van der Waals surface area contributed by atoms with Gasteiger partial charge in [-0.2, -0.15) is 4.98 Å². The number of rotatable bonds is 6. The van der Waals surface area contributed by atoms with Crippen LogP contribution in [0.1, 0.15) is 25.6 Å². The summed E-state index contributed by atoms with van der Waals surface area (Å²) in [5.41, 5.74) is 0. The highest BCUT2D eigenvalue weighted by molar-refractivity contribution is 5.38. The van der Waals surface area contributed by atoms with Gasteiger partial charge in [-0.15, -0.1) is 0 Å². The molecule has 1 aliphatic rings. The predicted octanol–water partition coefficient (Wildman–Crippen LogP) is 1.94. The summed E-state index contributed by atoms with van der Waals surface area (Å²) in [4.78, 5) is 11.1. The van der Waals surface area contributed by atoms with Gasteiger partial charge in [0, 0.05) is 19.2 Å². The molecule has 0 radical (unpaired) electrons. The lowest BCUT2D eigenvalue weighted by atomic mass is 10.1. The lowest BCUT2D eigenvalue weighted by molar-refractivity contribution is 0.294. The van der Waals surface area contributed by atoms with Gasteiger partial charge in [0.15, 0.2) is 0 Å². The summed E-state index contributed by atoms with van der Waals surface area (Å²) in [5.74, 6) is 2.80. The van der Waals surface area contributed by atoms with Crippen molar-refractivity contribution in [2.24, 2.45) is 5.92 Å². The van der Waals surface area contributed by atoms with Crippen LogP contribution in [0.5, 0.6) is 5.88 Å². The zero-order valence-electron chi connectivity index (χ0n) is 12.1. The first-order valence-corrected chi connectivity index (χ1v) is 7.03. The molecule has 0 aliphatic carbocycles. The predicted molar refractivity (Wildman–Crippen MR) is 76.6 cm³/mol. The standard InChI is InChI=1S/C14H24N4O/c1-11(10-18-6-4-5-7-18)9-15-13-8-14(19-3)17-12(2)16-13/h8,11H,4-7,9-10H2,1-3H3,(H,15,16,17). The molecule has 1 fully saturated rings. The van der Waals surface area contributed by atoms with Crippen molar-refractivity contribution < 1.29 is 4.74 Å². The molecule has 1 aromatic rings. The fraction of sp³-hybridized carbons (Fsp3) is 0.714. The molecule has 5 nitrogen and oxygen atoms in total. The Bertz CT molecular complexity index is 404. The maximum atomic E-state index is 5.15. The molecule has 1 aromatic heterocycles. The van der Waals surface area contributed by atoms with Crippen LogP contribution in [0.15, 0.2) is 6.07 Å². The molecule has 0 bridgehead atoms. The number of hydrogen-bond acceptors (Lipinski definition) is 5. The lowest BCUT2D eigenvalue weighted by Gasteiger charge is -2.20. The molecule has 1 N–H and O–H groups in total. The van der Waals surface area contributed by atoms with Crippen molar-refractivity contribution in [3.05, 3.63) is 11.9 Å². The third-order valence-corrected chi connectivity index (χ3v) is 3.42. The third kappa shape index (κ3) is 4.35. The second-order valence-corrected chi connectivity index (χ2v) is 5.34. The highest BCUT2D eigenvalue weighted by atomic mass is 16.5. The first-order valence-electron chi connectivity index (χ1n) is 7.03. The SMILES string of the molecule is COc1cc(NCC(C)CN2CCCC2)nc(C)n1. The van der Waals surface area contributed by atoms with Crippen molar-refractivity contribution in [3.63, 3.8) is 0 Å². The van der Waals surface area contributed by atoms with Gasteiger partial charge in [0.2, 0.25) is 5.88 Å². The van der Waals surface area contributed by atoms with E-state index in [0.29, 0.717) is 11.8 Å². The van der Waals surface area contributed by atoms with Crippen LogP contribution in [-0.2, 0) is 0 Å². The van der Waals surface area contributed by atoms with Gasteiger partial charge in [-0.1, -0.05) is 6.92 Å². The Balaban J connectivity index is 1.82. The second kappa shape index (κ2) is 6.70. The molecular weight excluding hydrogens is 240 g/mol. The van der Waals surface area contributed by atoms with Crippen LogP contribution < -0.4 is 10.1 Å². The number of methoxy groups -OCH3 is 1. The van der Waals surface area contributed by atoms with E-state index >= 15 is 0 Å². The van der Waals surface area contributed by atoms with Gasteiger partial charge in [-0.3, -0.25) is 0 Å². The molecule has 1 saturated heterocycles. The van der Waals surface area contributed by atoms with Gasteiger partial charge in [0.05, 0.1) is 7.11 Å². The monoisotopic (exact) mass is 264 g/mol. The van der Waals surface area contributed by atoms with E-state index in [1.807, 2.05) is 13.0 Å². The van der Waals surface area contributed by atoms with Crippen LogP contribution in [0.2, 0.25) is 0 Å². The molecule has 0 spiro atoms. The second-order valence-electron chi connectivity index (χ2n) is 5.34. The van der Waals surface area contributed by atoms with E-state index in [1.54, 1.807) is 7.11 Å². The Morgan fingerprint density at radius 3 is 2.79 bits per heavy atom. The number of hydrogen-bond donors (Lipinski definition) is 1. The van der Waals surface area contributed by atoms with Crippen LogP contribution in [-0.4, -0.2) is 48.2 Å². The van der Waals surface area contributed by atoms with Crippen molar-refractivity contribution in [1.29, 1.82) is 0 Å². The Morgan fingerprint density at radius 2 is 2.11 bits per heavy atom. The first kappa shape index (κ1) is 14.1. The fourth-order valence-corrected chi connectivity index (χ4v) is 2.48. The molecule has 106 valence electrons. The largest absolute Gasteiger partial charge is 0.481 e. The van der Waals surface area contributed by atoms with E-state index in [1.165, 1.54) is 25.9 Å². The summed E-state index contributed by atoms with van der Waals surface area (Å²) in [5, 5.41) is 3.38. The Kier molecular flexibility index (Phi) is 4.96. The normalized spacial score (nSPS) is 17.4. The summed E-state index contributed by atoms with van der Waals surface area (Å²) >= 11 is 0. The molecule has 0 aromatic carbocycles. The zero-order chi connectivity index (χ0) is 13.7. The van der Waals surface area contributed by atoms with Gasteiger partial charge in [0.1, 0.15) is 11.6 Å². The number of anilines is 1. The molecule has 19 heavy (non-hydrogen) atoms. The number of nitrogens with one attached hydrogen (secondary N) is 1. The molecule has 1 atom stereocenters. The van der Waals surface area contributed by atoms with Crippen molar-refractivity contribution in [1.82, 2.24) is 14.9 Å². The van der Waals surface area contributed by atoms with Crippen LogP contribution in [0, 0.1) is 12.8 Å². The van der Waals surface area contributed by atoms with E-state index < -0.39 is 0 Å². The quantitative estimate of drug-likeness (QED) is 0.851. The minimum Gasteiger partial charge on any atom is -0.481 e. The fourth-order valence-electron chi connectivity index (χ4n) is 2.48. The Hall–Kier alpha value is -1.36. The van der Waals surface area contributed by atoms with Crippen LogP contribution in [0.25, 0.3) is 0 Å². The smallest absolute Gasteiger partial charge is 0.218 e. The molecule has 0 amide bonds. The molecule has 1 aliphatic heterocycles. The highest BCUT2D eigenvalue weighted by Gasteiger charge is 2.14. The average molecular weight is 264 g/mol. The zero-order valence-corrected chi connectivity index (χ0v) is 12.1. The van der Waals surface area contributed by atoms with E-state index in [4.69, 9.17) is 4.74 Å². The minimum absolute atomic E-state index is 0.611. The van der Waals surface area contributed by atoms with E-state index in [0.717, 1.165) is 24.7 Å². The first-order chi connectivity index (χ1) is 9.17. The van der Waals surface area contributed by atoms with E-state index in [-0.39, 0.29) is 0 Å². The summed E-state index contributed by atoms with van der Waals surface area (Å²) < 4.78 is 5.15. The summed E-state index contributed by atoms with van der Waals surface area (Å²) in [6.07, 6.45) is 2.70. The topological polar surface area (TPSA) is 50.3 Å². The Labute approximate surface area is 115 Å². The lowest BCUT2D eigenvalue weighted by Crippen LogP contribution is -2.29. The summed E-state index contributed by atoms with van der Waals surface area (Å²) in [6, 6.07) is 1.84. The van der Waals surface area contributed by atoms with Crippen LogP contribution >= 0.6 is 0 Å². The van der Waals surface area contributed by atoms with Gasteiger partial charge >= 0.3 is 0 Å². The summed E-state index contributed by atoms with van der Waals surface area (Å²) in [7, 11) is 1.63. The third-order valence-electron chi connectivity index (χ3n) is 3.42. The molecular formula is C14H24N4O.